The molecule has 154 valence electrons. The highest BCUT2D eigenvalue weighted by molar-refractivity contribution is 6.12. The second-order valence-corrected chi connectivity index (χ2v) is 7.61. The molecule has 0 unspecified atom stereocenters. The Labute approximate surface area is 171 Å². The minimum atomic E-state index is -0.881. The zero-order valence-corrected chi connectivity index (χ0v) is 17.5. The summed E-state index contributed by atoms with van der Waals surface area (Å²) in [5, 5.41) is 3.25. The van der Waals surface area contributed by atoms with Crippen LogP contribution in [0.3, 0.4) is 0 Å². The van der Waals surface area contributed by atoms with E-state index in [-0.39, 0.29) is 18.3 Å². The molecule has 1 aliphatic carbocycles. The van der Waals surface area contributed by atoms with E-state index in [0.717, 1.165) is 16.8 Å². The number of rotatable bonds is 4. The predicted octanol–water partition coefficient (Wildman–Crippen LogP) is 3.17. The zero-order chi connectivity index (χ0) is 21.3. The van der Waals surface area contributed by atoms with Gasteiger partial charge in [-0.25, -0.2) is 4.79 Å². The number of dihydropyridines is 1. The third-order valence-corrected chi connectivity index (χ3v) is 5.74. The molecule has 3 atom stereocenters. The van der Waals surface area contributed by atoms with Gasteiger partial charge in [0.15, 0.2) is 5.78 Å². The number of carbonyl (C=O) groups is 3. The molecule has 6 heteroatoms. The fraction of sp³-hybridized carbons (Fsp3) is 0.435. The molecule has 0 saturated carbocycles. The van der Waals surface area contributed by atoms with Crippen molar-refractivity contribution in [2.75, 3.05) is 13.7 Å². The van der Waals surface area contributed by atoms with Gasteiger partial charge in [-0.05, 0) is 44.2 Å². The maximum atomic E-state index is 13.5. The maximum absolute atomic E-state index is 13.5. The minimum Gasteiger partial charge on any atom is -0.468 e. The van der Waals surface area contributed by atoms with Crippen molar-refractivity contribution in [1.29, 1.82) is 0 Å². The largest absolute Gasteiger partial charge is 0.468 e. The van der Waals surface area contributed by atoms with Crippen LogP contribution in [0.1, 0.15) is 44.2 Å². The Morgan fingerprint density at radius 1 is 1.21 bits per heavy atom. The van der Waals surface area contributed by atoms with Gasteiger partial charge in [0.2, 0.25) is 0 Å². The molecule has 0 spiro atoms. The second-order valence-electron chi connectivity index (χ2n) is 7.61. The molecule has 1 N–H and O–H groups in total. The lowest BCUT2D eigenvalue weighted by Gasteiger charge is -2.38. The zero-order valence-electron chi connectivity index (χ0n) is 17.5. The van der Waals surface area contributed by atoms with Gasteiger partial charge in [0.1, 0.15) is 5.92 Å². The summed E-state index contributed by atoms with van der Waals surface area (Å²) in [5.74, 6) is -2.95. The number of carbonyl (C=O) groups excluding carboxylic acids is 3. The summed E-state index contributed by atoms with van der Waals surface area (Å²) in [6.07, 6.45) is 0.524. The number of Topliss-reactive ketones (excluding diaryl/α,β-unsaturated/α-hetero) is 1. The van der Waals surface area contributed by atoms with Crippen molar-refractivity contribution in [3.8, 4) is 0 Å². The fourth-order valence-corrected chi connectivity index (χ4v) is 4.38. The number of hydrogen-bond acceptors (Lipinski definition) is 6. The molecule has 0 radical (unpaired) electrons. The van der Waals surface area contributed by atoms with Crippen molar-refractivity contribution < 1.29 is 23.9 Å². The van der Waals surface area contributed by atoms with Gasteiger partial charge in [0.25, 0.3) is 0 Å². The predicted molar refractivity (Wildman–Crippen MR) is 108 cm³/mol. The summed E-state index contributed by atoms with van der Waals surface area (Å²) in [4.78, 5) is 38.8. The molecule has 0 fully saturated rings. The maximum Gasteiger partial charge on any atom is 0.336 e. The number of ether oxygens (including phenoxy) is 2. The van der Waals surface area contributed by atoms with Crippen molar-refractivity contribution >= 4 is 17.7 Å². The molecule has 2 aliphatic rings. The fourth-order valence-electron chi connectivity index (χ4n) is 4.38. The monoisotopic (exact) mass is 397 g/mol. The highest BCUT2D eigenvalue weighted by Crippen LogP contribution is 2.46. The van der Waals surface area contributed by atoms with Gasteiger partial charge < -0.3 is 14.8 Å². The number of esters is 2. The van der Waals surface area contributed by atoms with Crippen LogP contribution in [-0.4, -0.2) is 31.4 Å². The Bertz CT molecular complexity index is 927. The average Bonchev–Trinajstić information content (AvgIpc) is 2.67. The Morgan fingerprint density at radius 2 is 1.90 bits per heavy atom. The lowest BCUT2D eigenvalue weighted by Crippen LogP contribution is -2.43. The first-order valence-electron chi connectivity index (χ1n) is 9.87. The van der Waals surface area contributed by atoms with Gasteiger partial charge in [-0.15, -0.1) is 0 Å². The molecular weight excluding hydrogens is 370 g/mol. The molecule has 0 amide bonds. The normalized spacial score (nSPS) is 24.0. The highest BCUT2D eigenvalue weighted by atomic mass is 16.5. The Balaban J connectivity index is 2.21. The van der Waals surface area contributed by atoms with Crippen molar-refractivity contribution in [2.24, 2.45) is 11.8 Å². The number of nitrogens with one attached hydrogen (secondary N) is 1. The van der Waals surface area contributed by atoms with Gasteiger partial charge in [0, 0.05) is 22.9 Å². The molecule has 0 saturated heterocycles. The molecule has 3 rings (SSSR count). The third kappa shape index (κ3) is 3.59. The Morgan fingerprint density at radius 3 is 2.52 bits per heavy atom. The molecule has 1 aromatic carbocycles. The van der Waals surface area contributed by atoms with Gasteiger partial charge in [0.05, 0.1) is 19.3 Å². The smallest absolute Gasteiger partial charge is 0.336 e. The van der Waals surface area contributed by atoms with E-state index in [9.17, 15) is 14.4 Å². The van der Waals surface area contributed by atoms with Crippen LogP contribution in [0.4, 0.5) is 0 Å². The van der Waals surface area contributed by atoms with Crippen molar-refractivity contribution in [3.05, 3.63) is 57.9 Å². The van der Waals surface area contributed by atoms with E-state index in [1.54, 1.807) is 6.92 Å². The van der Waals surface area contributed by atoms with E-state index in [4.69, 9.17) is 9.47 Å². The summed E-state index contributed by atoms with van der Waals surface area (Å²) in [7, 11) is 1.29. The Hall–Kier alpha value is -2.89. The lowest BCUT2D eigenvalue weighted by molar-refractivity contribution is -0.151. The number of methoxy groups -OCH3 is 1. The van der Waals surface area contributed by atoms with E-state index in [0.29, 0.717) is 23.3 Å². The van der Waals surface area contributed by atoms with Crippen molar-refractivity contribution in [3.63, 3.8) is 0 Å². The third-order valence-electron chi connectivity index (χ3n) is 5.74. The van der Waals surface area contributed by atoms with Gasteiger partial charge in [-0.1, -0.05) is 31.2 Å². The summed E-state index contributed by atoms with van der Waals surface area (Å²) in [5.41, 5.74) is 4.12. The number of ketones is 1. The van der Waals surface area contributed by atoms with Crippen LogP contribution in [0, 0.1) is 18.8 Å². The van der Waals surface area contributed by atoms with Crippen LogP contribution >= 0.6 is 0 Å². The molecule has 0 bridgehead atoms. The molecular formula is C23H27NO5. The van der Waals surface area contributed by atoms with Crippen molar-refractivity contribution in [1.82, 2.24) is 5.32 Å². The molecule has 1 heterocycles. The first-order chi connectivity index (χ1) is 13.8. The minimum absolute atomic E-state index is 0.198. The van der Waals surface area contributed by atoms with Gasteiger partial charge >= 0.3 is 11.9 Å². The van der Waals surface area contributed by atoms with E-state index in [2.05, 4.69) is 5.32 Å². The number of aryl methyl sites for hydroxylation is 1. The molecule has 1 aliphatic heterocycles. The summed E-state index contributed by atoms with van der Waals surface area (Å²) in [6, 6.07) is 7.67. The standard InChI is InChI=1S/C23H27NO5/c1-6-29-23(27)18-14(4)24-16-11-13(3)17(22(26)28-5)21(25)20(16)19(18)15-10-8-7-9-12(15)2/h7-10,13,17,19,24H,6,11H2,1-5H3/t13-,17+,19-/m0/s1. The van der Waals surface area contributed by atoms with Gasteiger partial charge in [-0.2, -0.15) is 0 Å². The summed E-state index contributed by atoms with van der Waals surface area (Å²) in [6.45, 7) is 7.62. The van der Waals surface area contributed by atoms with Crippen molar-refractivity contribution in [2.45, 2.75) is 40.0 Å². The van der Waals surface area contributed by atoms with E-state index in [1.165, 1.54) is 7.11 Å². The quantitative estimate of drug-likeness (QED) is 0.621. The highest BCUT2D eigenvalue weighted by Gasteiger charge is 2.47. The first-order valence-corrected chi connectivity index (χ1v) is 9.87. The molecule has 0 aromatic heterocycles. The lowest BCUT2D eigenvalue weighted by atomic mass is 9.68. The summed E-state index contributed by atoms with van der Waals surface area (Å²) >= 11 is 0. The molecule has 6 nitrogen and oxygen atoms in total. The number of hydrogen-bond donors (Lipinski definition) is 1. The SMILES string of the molecule is CCOC(=O)C1=C(C)NC2=C(C(=O)[C@H](C(=O)OC)[C@@H](C)C2)[C@H]1c1ccccc1C. The van der Waals surface area contributed by atoms with E-state index < -0.39 is 23.8 Å². The first kappa shape index (κ1) is 20.8. The molecule has 29 heavy (non-hydrogen) atoms. The van der Waals surface area contributed by atoms with Crippen LogP contribution in [0.25, 0.3) is 0 Å². The van der Waals surface area contributed by atoms with Gasteiger partial charge in [-0.3, -0.25) is 9.59 Å². The van der Waals surface area contributed by atoms with E-state index in [1.807, 2.05) is 45.0 Å². The van der Waals surface area contributed by atoms with Crippen LogP contribution in [-0.2, 0) is 23.9 Å². The Kier molecular flexibility index (Phi) is 5.91. The van der Waals surface area contributed by atoms with Crippen LogP contribution in [0.2, 0.25) is 0 Å². The van der Waals surface area contributed by atoms with Crippen LogP contribution in [0.15, 0.2) is 46.8 Å². The number of benzene rings is 1. The van der Waals surface area contributed by atoms with E-state index >= 15 is 0 Å². The average molecular weight is 397 g/mol. The van der Waals surface area contributed by atoms with Crippen LogP contribution < -0.4 is 5.32 Å². The topological polar surface area (TPSA) is 81.7 Å². The second kappa shape index (κ2) is 8.23. The number of allylic oxidation sites excluding steroid dienone is 3. The molecule has 1 aromatic rings. The van der Waals surface area contributed by atoms with Crippen LogP contribution in [0.5, 0.6) is 0 Å². The summed E-state index contributed by atoms with van der Waals surface area (Å²) < 4.78 is 10.2.